The van der Waals surface area contributed by atoms with Crippen LogP contribution in [0.3, 0.4) is 0 Å². The average Bonchev–Trinajstić information content (AvgIpc) is 2.78. The number of rotatable bonds is 6. The van der Waals surface area contributed by atoms with E-state index in [2.05, 4.69) is 4.98 Å². The minimum Gasteiger partial charge on any atom is -0.493 e. The van der Waals surface area contributed by atoms with Gasteiger partial charge in [-0.05, 0) is 47.5 Å². The van der Waals surface area contributed by atoms with Crippen molar-refractivity contribution in [1.29, 1.82) is 0 Å². The normalized spacial score (nSPS) is 12.9. The molecule has 0 spiro atoms. The van der Waals surface area contributed by atoms with Crippen molar-refractivity contribution in [3.63, 3.8) is 0 Å². The number of methoxy groups -OCH3 is 3. The fourth-order valence-electron chi connectivity index (χ4n) is 3.53. The molecule has 3 rings (SSSR count). The van der Waals surface area contributed by atoms with Gasteiger partial charge in [-0.15, -0.1) is 0 Å². The molecule has 0 N–H and O–H groups in total. The zero-order valence-corrected chi connectivity index (χ0v) is 17.7. The topological polar surface area (TPSA) is 40.6 Å². The van der Waals surface area contributed by atoms with Crippen molar-refractivity contribution in [2.45, 2.75) is 18.3 Å². The summed E-state index contributed by atoms with van der Waals surface area (Å²) in [6.45, 7) is 0. The van der Waals surface area contributed by atoms with Crippen LogP contribution in [0.1, 0.15) is 33.9 Å². The SMILES string of the molecule is COc1cc(C(c2ccc(C(F)(F)F)cc2)c2ncccc2C(F)(F)F)cc(OC)c1OC. The quantitative estimate of drug-likeness (QED) is 0.394. The second-order valence-electron chi connectivity index (χ2n) is 6.95. The molecule has 0 amide bonds. The van der Waals surface area contributed by atoms with Crippen LogP contribution < -0.4 is 14.2 Å². The van der Waals surface area contributed by atoms with E-state index in [9.17, 15) is 26.3 Å². The van der Waals surface area contributed by atoms with E-state index in [4.69, 9.17) is 14.2 Å². The number of hydrogen-bond donors (Lipinski definition) is 0. The van der Waals surface area contributed by atoms with Crippen molar-refractivity contribution in [3.8, 4) is 17.2 Å². The van der Waals surface area contributed by atoms with Crippen molar-refractivity contribution < 1.29 is 40.6 Å². The second-order valence-corrected chi connectivity index (χ2v) is 6.95. The maximum absolute atomic E-state index is 13.8. The van der Waals surface area contributed by atoms with E-state index < -0.39 is 29.4 Å². The van der Waals surface area contributed by atoms with Crippen LogP contribution in [0.2, 0.25) is 0 Å². The lowest BCUT2D eigenvalue weighted by Gasteiger charge is -2.24. The van der Waals surface area contributed by atoms with Gasteiger partial charge in [-0.3, -0.25) is 4.98 Å². The minimum absolute atomic E-state index is 0.168. The Morgan fingerprint density at radius 3 is 1.76 bits per heavy atom. The van der Waals surface area contributed by atoms with Gasteiger partial charge < -0.3 is 14.2 Å². The number of benzene rings is 2. The molecule has 176 valence electrons. The third-order valence-electron chi connectivity index (χ3n) is 5.01. The van der Waals surface area contributed by atoms with Crippen LogP contribution in [0.4, 0.5) is 26.3 Å². The van der Waals surface area contributed by atoms with E-state index in [0.717, 1.165) is 36.4 Å². The first-order chi connectivity index (χ1) is 15.5. The molecular formula is C23H19F6NO3. The molecule has 0 fully saturated rings. The lowest BCUT2D eigenvalue weighted by Crippen LogP contribution is -2.16. The van der Waals surface area contributed by atoms with Gasteiger partial charge in [0, 0.05) is 6.20 Å². The smallest absolute Gasteiger partial charge is 0.418 e. The van der Waals surface area contributed by atoms with Gasteiger partial charge in [0.1, 0.15) is 0 Å². The lowest BCUT2D eigenvalue weighted by atomic mass is 9.85. The number of aromatic nitrogens is 1. The summed E-state index contributed by atoms with van der Waals surface area (Å²) < 4.78 is 96.5. The number of ether oxygens (including phenoxy) is 3. The van der Waals surface area contributed by atoms with Gasteiger partial charge in [-0.2, -0.15) is 26.3 Å². The maximum atomic E-state index is 13.8. The Balaban J connectivity index is 2.31. The minimum atomic E-state index is -4.74. The average molecular weight is 471 g/mol. The van der Waals surface area contributed by atoms with Crippen molar-refractivity contribution in [2.24, 2.45) is 0 Å². The monoisotopic (exact) mass is 471 g/mol. The summed E-state index contributed by atoms with van der Waals surface area (Å²) in [6.07, 6.45) is -8.14. The van der Waals surface area contributed by atoms with Crippen LogP contribution in [0.15, 0.2) is 54.7 Å². The Morgan fingerprint density at radius 2 is 1.30 bits per heavy atom. The number of halogens is 6. The first-order valence-electron chi connectivity index (χ1n) is 9.50. The first-order valence-corrected chi connectivity index (χ1v) is 9.50. The maximum Gasteiger partial charge on any atom is 0.418 e. The molecule has 0 saturated heterocycles. The van der Waals surface area contributed by atoms with Crippen LogP contribution in [0.5, 0.6) is 17.2 Å². The molecular weight excluding hydrogens is 452 g/mol. The highest BCUT2D eigenvalue weighted by Gasteiger charge is 2.38. The summed E-state index contributed by atoms with van der Waals surface area (Å²) in [5.74, 6) is -0.618. The summed E-state index contributed by atoms with van der Waals surface area (Å²) in [5.41, 5.74) is -1.88. The molecule has 0 radical (unpaired) electrons. The van der Waals surface area contributed by atoms with E-state index in [0.29, 0.717) is 0 Å². The number of alkyl halides is 6. The predicted octanol–water partition coefficient (Wildman–Crippen LogP) is 6.33. The highest BCUT2D eigenvalue weighted by molar-refractivity contribution is 5.57. The fourth-order valence-corrected chi connectivity index (χ4v) is 3.53. The molecule has 3 aromatic rings. The molecule has 0 aliphatic heterocycles. The van der Waals surface area contributed by atoms with Crippen molar-refractivity contribution in [2.75, 3.05) is 21.3 Å². The van der Waals surface area contributed by atoms with Crippen molar-refractivity contribution in [3.05, 3.63) is 82.7 Å². The molecule has 2 aromatic carbocycles. The Hall–Kier alpha value is -3.43. The molecule has 1 atom stereocenters. The molecule has 4 nitrogen and oxygen atoms in total. The summed E-state index contributed by atoms with van der Waals surface area (Å²) in [4.78, 5) is 3.97. The van der Waals surface area contributed by atoms with Crippen molar-refractivity contribution >= 4 is 0 Å². The van der Waals surface area contributed by atoms with Gasteiger partial charge in [0.15, 0.2) is 11.5 Å². The molecule has 0 bridgehead atoms. The van der Waals surface area contributed by atoms with E-state index in [1.54, 1.807) is 0 Å². The molecule has 0 aliphatic carbocycles. The second kappa shape index (κ2) is 9.21. The van der Waals surface area contributed by atoms with Gasteiger partial charge in [-0.1, -0.05) is 12.1 Å². The molecule has 0 aliphatic rings. The highest BCUT2D eigenvalue weighted by atomic mass is 19.4. The first kappa shape index (κ1) is 24.2. The Labute approximate surface area is 185 Å². The Morgan fingerprint density at radius 1 is 0.727 bits per heavy atom. The number of pyridine rings is 1. The third kappa shape index (κ3) is 4.99. The van der Waals surface area contributed by atoms with Crippen LogP contribution in [0.25, 0.3) is 0 Å². The molecule has 10 heteroatoms. The van der Waals surface area contributed by atoms with Crippen molar-refractivity contribution in [1.82, 2.24) is 4.98 Å². The van der Waals surface area contributed by atoms with Crippen LogP contribution >= 0.6 is 0 Å². The highest BCUT2D eigenvalue weighted by Crippen LogP contribution is 2.45. The van der Waals surface area contributed by atoms with Gasteiger partial charge in [0.05, 0.1) is 44.1 Å². The van der Waals surface area contributed by atoms with Crippen LogP contribution in [-0.2, 0) is 12.4 Å². The third-order valence-corrected chi connectivity index (χ3v) is 5.01. The molecule has 1 aromatic heterocycles. The Kier molecular flexibility index (Phi) is 6.76. The van der Waals surface area contributed by atoms with Gasteiger partial charge in [-0.25, -0.2) is 0 Å². The lowest BCUT2D eigenvalue weighted by molar-refractivity contribution is -0.138. The van der Waals surface area contributed by atoms with Gasteiger partial charge in [0.2, 0.25) is 5.75 Å². The number of hydrogen-bond acceptors (Lipinski definition) is 4. The summed E-state index contributed by atoms with van der Waals surface area (Å²) in [5, 5.41) is 0. The molecule has 0 saturated carbocycles. The summed E-state index contributed by atoms with van der Waals surface area (Å²) >= 11 is 0. The molecule has 33 heavy (non-hydrogen) atoms. The van der Waals surface area contributed by atoms with E-state index >= 15 is 0 Å². The van der Waals surface area contributed by atoms with Crippen LogP contribution in [0, 0.1) is 0 Å². The predicted molar refractivity (Wildman–Crippen MR) is 108 cm³/mol. The molecule has 1 heterocycles. The standard InChI is InChI=1S/C23H19F6NO3/c1-31-17-11-14(12-18(32-2)21(17)33-3)19(13-6-8-15(9-7-13)22(24,25)26)20-16(23(27,28)29)5-4-10-30-20/h4-12,19H,1-3H3. The zero-order chi connectivity index (χ0) is 24.4. The summed E-state index contributed by atoms with van der Waals surface area (Å²) in [7, 11) is 4.06. The van der Waals surface area contributed by atoms with Gasteiger partial charge in [0.25, 0.3) is 0 Å². The fraction of sp³-hybridized carbons (Fsp3) is 0.261. The van der Waals surface area contributed by atoms with E-state index in [1.807, 2.05) is 0 Å². The number of nitrogens with zero attached hydrogens (tertiary/aromatic N) is 1. The Bertz CT molecular complexity index is 1090. The molecule has 1 unspecified atom stereocenters. The van der Waals surface area contributed by atoms with Gasteiger partial charge >= 0.3 is 12.4 Å². The van der Waals surface area contributed by atoms with Crippen LogP contribution in [-0.4, -0.2) is 26.3 Å². The van der Waals surface area contributed by atoms with E-state index in [1.165, 1.54) is 39.7 Å². The largest absolute Gasteiger partial charge is 0.493 e. The van der Waals surface area contributed by atoms with E-state index in [-0.39, 0.29) is 34.1 Å². The summed E-state index contributed by atoms with van der Waals surface area (Å²) in [6, 6.07) is 8.80. The zero-order valence-electron chi connectivity index (χ0n) is 17.7.